The topological polar surface area (TPSA) is 0 Å². The summed E-state index contributed by atoms with van der Waals surface area (Å²) in [6.45, 7) is 141. The summed E-state index contributed by atoms with van der Waals surface area (Å²) in [5.41, 5.74) is 6.46. The van der Waals surface area contributed by atoms with E-state index in [4.69, 9.17) is 0 Å². The van der Waals surface area contributed by atoms with Gasteiger partial charge in [-0.3, -0.25) is 0 Å². The van der Waals surface area contributed by atoms with Crippen LogP contribution in [0.15, 0.2) is 0 Å². The molecule has 0 aromatic carbocycles. The summed E-state index contributed by atoms with van der Waals surface area (Å²) in [6, 6.07) is 0. The van der Waals surface area contributed by atoms with Gasteiger partial charge in [-0.15, -0.1) is 0 Å². The van der Waals surface area contributed by atoms with E-state index >= 15 is 0 Å². The van der Waals surface area contributed by atoms with Crippen molar-refractivity contribution in [2.24, 2.45) is 135 Å². The summed E-state index contributed by atoms with van der Waals surface area (Å²) < 4.78 is 0. The molecule has 0 fully saturated rings. The van der Waals surface area contributed by atoms with Crippen molar-refractivity contribution in [3.8, 4) is 0 Å². The van der Waals surface area contributed by atoms with Crippen LogP contribution >= 0.6 is 0 Å². The molecule has 0 saturated heterocycles. The largest absolute Gasteiger partial charge is 0.0654 e. The molecule has 0 aromatic heterocycles. The molecule has 0 N–H and O–H groups in total. The molecule has 1 atom stereocenters. The van der Waals surface area contributed by atoms with Gasteiger partial charge in [0.1, 0.15) is 0 Å². The smallest absolute Gasteiger partial charge is 0.0257 e. The van der Waals surface area contributed by atoms with Crippen molar-refractivity contribution < 1.29 is 0 Å². The first-order chi connectivity index (χ1) is 40.0. The van der Waals surface area contributed by atoms with Gasteiger partial charge in [-0.1, -0.05) is 455 Å². The van der Waals surface area contributed by atoms with Crippen LogP contribution in [0.1, 0.15) is 481 Å². The van der Waals surface area contributed by atoms with Crippen molar-refractivity contribution in [1.82, 2.24) is 0 Å². The van der Waals surface area contributed by atoms with E-state index in [1.165, 1.54) is 51.4 Å². The van der Waals surface area contributed by atoms with Gasteiger partial charge in [0.25, 0.3) is 0 Å². The highest BCUT2D eigenvalue weighted by Gasteiger charge is 2.42. The van der Waals surface area contributed by atoms with Gasteiger partial charge in [0.15, 0.2) is 0 Å². The molecule has 0 heterocycles. The molecule has 0 saturated carbocycles. The fourth-order valence-corrected chi connectivity index (χ4v) is 8.51. The van der Waals surface area contributed by atoms with E-state index in [-0.39, 0.29) is 0 Å². The van der Waals surface area contributed by atoms with Crippen molar-refractivity contribution in [2.75, 3.05) is 0 Å². The van der Waals surface area contributed by atoms with Crippen LogP contribution in [0.5, 0.6) is 0 Å². The predicted molar refractivity (Wildman–Crippen MR) is 458 cm³/mol. The molecule has 0 aliphatic heterocycles. The van der Waals surface area contributed by atoms with E-state index in [1.807, 2.05) is 0 Å². The van der Waals surface area contributed by atoms with Crippen LogP contribution in [-0.4, -0.2) is 0 Å². The molecule has 0 radical (unpaired) electrons. The maximum Gasteiger partial charge on any atom is -0.0257 e. The molecular formula is C94H212. The van der Waals surface area contributed by atoms with Gasteiger partial charge >= 0.3 is 0 Å². The van der Waals surface area contributed by atoms with Crippen LogP contribution in [0.3, 0.4) is 0 Å². The first-order valence-electron chi connectivity index (χ1n) is 40.0. The third-order valence-corrected chi connectivity index (χ3v) is 20.0. The van der Waals surface area contributed by atoms with Gasteiger partial charge < -0.3 is 0 Å². The fourth-order valence-electron chi connectivity index (χ4n) is 8.51. The van der Waals surface area contributed by atoms with Crippen molar-refractivity contribution in [1.29, 1.82) is 0 Å². The van der Waals surface area contributed by atoms with E-state index in [0.717, 1.165) is 59.2 Å². The Morgan fingerprint density at radius 2 is 0.500 bits per heavy atom. The van der Waals surface area contributed by atoms with Gasteiger partial charge in [-0.05, 0) is 161 Å². The minimum atomic E-state index is 0.375. The molecule has 94 heavy (non-hydrogen) atoms. The molecular weight excluding hydrogens is 1130 g/mol. The normalized spacial score (nSPS) is 13.3. The molecule has 0 aliphatic rings. The highest BCUT2D eigenvalue weighted by atomic mass is 14.5. The van der Waals surface area contributed by atoms with E-state index < -0.39 is 0 Å². The summed E-state index contributed by atoms with van der Waals surface area (Å²) in [5, 5.41) is 0. The molecule has 0 spiro atoms. The number of rotatable bonds is 8. The molecule has 1 unspecified atom stereocenters. The molecule has 0 heteroatoms. The zero-order valence-electron chi connectivity index (χ0n) is 80.4. The third kappa shape index (κ3) is 108. The highest BCUT2D eigenvalue weighted by molar-refractivity contribution is 4.91. The van der Waals surface area contributed by atoms with Crippen LogP contribution in [0.25, 0.3) is 0 Å². The fraction of sp³-hybridized carbons (Fsp3) is 1.00. The van der Waals surface area contributed by atoms with Crippen LogP contribution in [-0.2, 0) is 0 Å². The first-order valence-corrected chi connectivity index (χ1v) is 40.0. The van der Waals surface area contributed by atoms with Crippen LogP contribution < -0.4 is 0 Å². The molecule has 0 nitrogen and oxygen atoms in total. The summed E-state index contributed by atoms with van der Waals surface area (Å²) in [5.74, 6) is 8.38. The van der Waals surface area contributed by atoms with Gasteiger partial charge in [0.05, 0.1) is 0 Å². The molecule has 0 aliphatic carbocycles. The lowest BCUT2D eigenvalue weighted by Crippen LogP contribution is -2.41. The van der Waals surface area contributed by atoms with E-state index in [0.29, 0.717) is 75.8 Å². The van der Waals surface area contributed by atoms with Gasteiger partial charge in [-0.2, -0.15) is 0 Å². The van der Waals surface area contributed by atoms with E-state index in [2.05, 4.69) is 429 Å². The zero-order chi connectivity index (χ0) is 80.4. The Kier molecular flexibility index (Phi) is 68.0. The lowest BCUT2D eigenvalue weighted by atomic mass is 9.56. The van der Waals surface area contributed by atoms with E-state index in [1.54, 1.807) is 0 Å². The number of hydrogen-bond acceptors (Lipinski definition) is 0. The monoisotopic (exact) mass is 1340 g/mol. The molecule has 588 valence electrons. The standard InChI is InChI=1S/C11H24.C10H22.2C9H20.2C8H18.3C7H16.3C6H14/c1-9(2,3)11(7,8)10(4,5)6;1-8(9(2,3)4)10(5,6)7;1-8(2,3)7-9(4,5)6;1-7(2)8(3)9(4,5)6;1-7(2)6-8(3,4)5;1-7(2,3)8(4,5)6;1-6(2)7(3,4)5;1-6(2)5-7(3)4;1-5-6-7(2,3)4;1-5-6(2,3)4;1-5(2)6(3)4;1-4-5-6(2)3/h1-8H3;8H,1-7H3;7H2,1-6H3;7-8H,1-6H3;7H,6H2,1-5H3;1-6H3;6H,1-5H3;6-7H,5H2,1-4H3;5-6H2,1-4H3;5H2,1-4H3;5-6H,1-4H3;6H,4-5H2,1-3H3. The van der Waals surface area contributed by atoms with Crippen LogP contribution in [0.4, 0.5) is 0 Å². The minimum Gasteiger partial charge on any atom is -0.0654 e. The van der Waals surface area contributed by atoms with Crippen LogP contribution in [0, 0.1) is 135 Å². The average Bonchev–Trinajstić information content (AvgIpc) is 3.22. The molecule has 0 bridgehead atoms. The Balaban J connectivity index is -0.0000000784. The second-order valence-electron chi connectivity index (χ2n) is 47.4. The van der Waals surface area contributed by atoms with Crippen molar-refractivity contribution >= 4 is 0 Å². The lowest BCUT2D eigenvalue weighted by molar-refractivity contribution is 0.00575. The summed E-state index contributed by atoms with van der Waals surface area (Å²) in [4.78, 5) is 0. The number of hydrogen-bond donors (Lipinski definition) is 0. The zero-order valence-corrected chi connectivity index (χ0v) is 80.4. The predicted octanol–water partition coefficient (Wildman–Crippen LogP) is 36.2. The van der Waals surface area contributed by atoms with Gasteiger partial charge in [0, 0.05) is 0 Å². The Morgan fingerprint density at radius 1 is 0.245 bits per heavy atom. The quantitative estimate of drug-likeness (QED) is 0.227. The van der Waals surface area contributed by atoms with Crippen molar-refractivity contribution in [2.45, 2.75) is 481 Å². The summed E-state index contributed by atoms with van der Waals surface area (Å²) >= 11 is 0. The van der Waals surface area contributed by atoms with Gasteiger partial charge in [-0.25, -0.2) is 0 Å². The Hall–Kier alpha value is 0. The second-order valence-corrected chi connectivity index (χ2v) is 47.4. The molecule has 0 rings (SSSR count). The summed E-state index contributed by atoms with van der Waals surface area (Å²) in [7, 11) is 0. The van der Waals surface area contributed by atoms with Crippen molar-refractivity contribution in [3.05, 3.63) is 0 Å². The summed E-state index contributed by atoms with van der Waals surface area (Å²) in [6.07, 6.45) is 10.6. The van der Waals surface area contributed by atoms with Crippen molar-refractivity contribution in [3.63, 3.8) is 0 Å². The minimum absolute atomic E-state index is 0.375. The first kappa shape index (κ1) is 121. The third-order valence-electron chi connectivity index (χ3n) is 20.0. The maximum absolute atomic E-state index is 2.35. The molecule has 0 aromatic rings. The molecule has 0 amide bonds. The van der Waals surface area contributed by atoms with Gasteiger partial charge in [0.2, 0.25) is 0 Å². The Morgan fingerprint density at radius 3 is 0.500 bits per heavy atom. The van der Waals surface area contributed by atoms with E-state index in [9.17, 15) is 0 Å². The highest BCUT2D eigenvalue weighted by Crippen LogP contribution is 2.50. The Labute approximate surface area is 612 Å². The Bertz CT molecular complexity index is 1480. The SMILES string of the molecule is CC(C(C)(C)C)C(C)(C)C.CC(C)(C)C(C)(C)C.CC(C)(C)C(C)(C)C(C)(C)C.CC(C)(C)CC(C)(C)C.CC(C)C(C)(C)C.CC(C)C(C)C.CC(C)C(C)C(C)(C)C.CC(C)CC(C)(C)C.CC(C)CC(C)C.CCC(C)(C)C.CCCC(C)(C)C.CCCC(C)C. The maximum atomic E-state index is 2.35. The lowest BCUT2D eigenvalue weighted by Gasteiger charge is -2.49. The average molecular weight is 1340 g/mol. The second kappa shape index (κ2) is 52.9. The van der Waals surface area contributed by atoms with Crippen LogP contribution in [0.2, 0.25) is 0 Å².